The molecule has 7 nitrogen and oxygen atoms in total. The lowest BCUT2D eigenvalue weighted by molar-refractivity contribution is -0.151. The van der Waals surface area contributed by atoms with Gasteiger partial charge in [0.15, 0.2) is 6.61 Å². The summed E-state index contributed by atoms with van der Waals surface area (Å²) in [6.45, 7) is 3.67. The van der Waals surface area contributed by atoms with E-state index < -0.39 is 24.4 Å². The molecule has 0 spiro atoms. The van der Waals surface area contributed by atoms with Gasteiger partial charge < -0.3 is 19.7 Å². The summed E-state index contributed by atoms with van der Waals surface area (Å²) < 4.78 is 11.3. The number of esters is 1. The van der Waals surface area contributed by atoms with E-state index in [4.69, 9.17) is 9.47 Å². The van der Waals surface area contributed by atoms with Crippen molar-refractivity contribution < 1.29 is 23.9 Å². The average Bonchev–Trinajstić information content (AvgIpc) is 3.12. The van der Waals surface area contributed by atoms with E-state index in [1.54, 1.807) is 36.3 Å². The van der Waals surface area contributed by atoms with Gasteiger partial charge in [-0.15, -0.1) is 0 Å². The SMILES string of the molecule is COc1ccc(N2C[C@H](C(=O)OCC(=O)Nc3cc(C)c(Br)c(C)c3)CC2=O)cc1. The van der Waals surface area contributed by atoms with Gasteiger partial charge in [-0.05, 0) is 61.4 Å². The van der Waals surface area contributed by atoms with Crippen LogP contribution in [0.5, 0.6) is 5.75 Å². The Labute approximate surface area is 183 Å². The predicted octanol–water partition coefficient (Wildman–Crippen LogP) is 3.61. The second kappa shape index (κ2) is 9.30. The first-order chi connectivity index (χ1) is 14.3. The van der Waals surface area contributed by atoms with Gasteiger partial charge in [-0.25, -0.2) is 0 Å². The summed E-state index contributed by atoms with van der Waals surface area (Å²) in [4.78, 5) is 38.4. The third kappa shape index (κ3) is 4.99. The molecule has 0 radical (unpaired) electrons. The quantitative estimate of drug-likeness (QED) is 0.646. The number of ether oxygens (including phenoxy) is 2. The molecule has 2 amide bonds. The Kier molecular flexibility index (Phi) is 6.77. The van der Waals surface area contributed by atoms with E-state index in [1.165, 1.54) is 0 Å². The second-order valence-corrected chi connectivity index (χ2v) is 7.98. The lowest BCUT2D eigenvalue weighted by Crippen LogP contribution is -2.28. The summed E-state index contributed by atoms with van der Waals surface area (Å²) in [6.07, 6.45) is 0.0532. The number of anilines is 2. The maximum atomic E-state index is 12.4. The van der Waals surface area contributed by atoms with E-state index in [0.29, 0.717) is 17.1 Å². The minimum absolute atomic E-state index is 0.0532. The number of aryl methyl sites for hydroxylation is 2. The van der Waals surface area contributed by atoms with Crippen LogP contribution in [0.25, 0.3) is 0 Å². The number of methoxy groups -OCH3 is 1. The van der Waals surface area contributed by atoms with E-state index >= 15 is 0 Å². The lowest BCUT2D eigenvalue weighted by atomic mass is 10.1. The molecule has 1 fully saturated rings. The second-order valence-electron chi connectivity index (χ2n) is 7.18. The van der Waals surface area contributed by atoms with Crippen LogP contribution < -0.4 is 15.0 Å². The van der Waals surface area contributed by atoms with Crippen LogP contribution in [0.2, 0.25) is 0 Å². The molecule has 0 bridgehead atoms. The first-order valence-electron chi connectivity index (χ1n) is 9.46. The van der Waals surface area contributed by atoms with Gasteiger partial charge >= 0.3 is 5.97 Å². The van der Waals surface area contributed by atoms with Crippen LogP contribution in [-0.2, 0) is 19.1 Å². The summed E-state index contributed by atoms with van der Waals surface area (Å²) in [7, 11) is 1.57. The Morgan fingerprint density at radius 3 is 2.40 bits per heavy atom. The van der Waals surface area contributed by atoms with Gasteiger partial charge in [-0.3, -0.25) is 14.4 Å². The van der Waals surface area contributed by atoms with Crippen molar-refractivity contribution in [2.75, 3.05) is 30.5 Å². The number of rotatable bonds is 6. The fourth-order valence-corrected chi connectivity index (χ4v) is 3.58. The Balaban J connectivity index is 1.53. The van der Waals surface area contributed by atoms with Crippen molar-refractivity contribution in [3.05, 3.63) is 52.0 Å². The number of benzene rings is 2. The van der Waals surface area contributed by atoms with Crippen LogP contribution in [0.1, 0.15) is 17.5 Å². The molecule has 0 saturated carbocycles. The summed E-state index contributed by atoms with van der Waals surface area (Å²) in [5, 5.41) is 2.72. The molecule has 0 aliphatic carbocycles. The van der Waals surface area contributed by atoms with E-state index in [2.05, 4.69) is 21.2 Å². The van der Waals surface area contributed by atoms with Crippen LogP contribution in [0.4, 0.5) is 11.4 Å². The fourth-order valence-electron chi connectivity index (χ4n) is 3.35. The zero-order valence-electron chi connectivity index (χ0n) is 17.0. The highest BCUT2D eigenvalue weighted by atomic mass is 79.9. The lowest BCUT2D eigenvalue weighted by Gasteiger charge is -2.17. The van der Waals surface area contributed by atoms with Gasteiger partial charge in [0, 0.05) is 28.8 Å². The molecule has 158 valence electrons. The van der Waals surface area contributed by atoms with Crippen LogP contribution >= 0.6 is 15.9 Å². The number of carbonyl (C=O) groups is 3. The minimum Gasteiger partial charge on any atom is -0.497 e. The number of hydrogen-bond donors (Lipinski definition) is 1. The molecule has 30 heavy (non-hydrogen) atoms. The van der Waals surface area contributed by atoms with Crippen LogP contribution in [0, 0.1) is 19.8 Å². The topological polar surface area (TPSA) is 84.9 Å². The molecule has 1 heterocycles. The highest BCUT2D eigenvalue weighted by Gasteiger charge is 2.36. The van der Waals surface area contributed by atoms with Crippen LogP contribution in [0.15, 0.2) is 40.9 Å². The number of carbonyl (C=O) groups excluding carboxylic acids is 3. The van der Waals surface area contributed by atoms with E-state index in [-0.39, 0.29) is 18.9 Å². The molecule has 2 aromatic rings. The zero-order chi connectivity index (χ0) is 21.8. The number of halogens is 1. The first-order valence-corrected chi connectivity index (χ1v) is 10.3. The van der Waals surface area contributed by atoms with Gasteiger partial charge in [-0.2, -0.15) is 0 Å². The van der Waals surface area contributed by atoms with E-state index in [9.17, 15) is 14.4 Å². The molecule has 1 aliphatic rings. The molecular formula is C22H23BrN2O5. The third-order valence-electron chi connectivity index (χ3n) is 4.91. The summed E-state index contributed by atoms with van der Waals surface area (Å²) in [5.41, 5.74) is 3.31. The van der Waals surface area contributed by atoms with Crippen molar-refractivity contribution in [2.45, 2.75) is 20.3 Å². The fraction of sp³-hybridized carbons (Fsp3) is 0.318. The van der Waals surface area contributed by atoms with Gasteiger partial charge in [0.2, 0.25) is 5.91 Å². The number of nitrogens with one attached hydrogen (secondary N) is 1. The molecule has 3 rings (SSSR count). The highest BCUT2D eigenvalue weighted by molar-refractivity contribution is 9.10. The normalized spacial score (nSPS) is 15.8. The largest absolute Gasteiger partial charge is 0.497 e. The van der Waals surface area contributed by atoms with Crippen LogP contribution in [-0.4, -0.2) is 38.0 Å². The summed E-state index contributed by atoms with van der Waals surface area (Å²) in [6, 6.07) is 10.7. The van der Waals surface area contributed by atoms with Crippen molar-refractivity contribution in [1.29, 1.82) is 0 Å². The number of nitrogens with zero attached hydrogens (tertiary/aromatic N) is 1. The zero-order valence-corrected chi connectivity index (χ0v) is 18.6. The Morgan fingerprint density at radius 2 is 1.80 bits per heavy atom. The molecular weight excluding hydrogens is 452 g/mol. The van der Waals surface area contributed by atoms with Crippen LogP contribution in [0.3, 0.4) is 0 Å². The third-order valence-corrected chi connectivity index (χ3v) is 6.16. The standard InChI is InChI=1S/C22H23BrN2O5/c1-13-8-16(9-14(2)21(13)23)24-19(26)12-30-22(28)15-10-20(27)25(11-15)17-4-6-18(29-3)7-5-17/h4-9,15H,10-12H2,1-3H3,(H,24,26)/t15-/m1/s1. The van der Waals surface area contributed by atoms with E-state index in [1.807, 2.05) is 26.0 Å². The predicted molar refractivity (Wildman–Crippen MR) is 117 cm³/mol. The van der Waals surface area contributed by atoms with Gasteiger partial charge in [0.05, 0.1) is 13.0 Å². The van der Waals surface area contributed by atoms with Crippen molar-refractivity contribution in [1.82, 2.24) is 0 Å². The molecule has 1 atom stereocenters. The van der Waals surface area contributed by atoms with E-state index in [0.717, 1.165) is 15.6 Å². The number of hydrogen-bond acceptors (Lipinski definition) is 5. The maximum absolute atomic E-state index is 12.4. The minimum atomic E-state index is -0.607. The van der Waals surface area contributed by atoms with Crippen molar-refractivity contribution >= 4 is 45.1 Å². The summed E-state index contributed by atoms with van der Waals surface area (Å²) in [5.74, 6) is -1.07. The Morgan fingerprint density at radius 1 is 1.17 bits per heavy atom. The van der Waals surface area contributed by atoms with Crippen molar-refractivity contribution in [2.24, 2.45) is 5.92 Å². The Hall–Kier alpha value is -2.87. The molecule has 0 unspecified atom stereocenters. The molecule has 1 aliphatic heterocycles. The molecule has 0 aromatic heterocycles. The number of amides is 2. The Bertz CT molecular complexity index is 951. The van der Waals surface area contributed by atoms with Crippen molar-refractivity contribution in [3.63, 3.8) is 0 Å². The molecule has 2 aromatic carbocycles. The summed E-state index contributed by atoms with van der Waals surface area (Å²) >= 11 is 3.48. The maximum Gasteiger partial charge on any atom is 0.311 e. The van der Waals surface area contributed by atoms with Gasteiger partial charge in [0.1, 0.15) is 5.75 Å². The monoisotopic (exact) mass is 474 g/mol. The average molecular weight is 475 g/mol. The first kappa shape index (κ1) is 21.8. The van der Waals surface area contributed by atoms with Gasteiger partial charge in [0.25, 0.3) is 5.91 Å². The molecule has 1 saturated heterocycles. The highest BCUT2D eigenvalue weighted by Crippen LogP contribution is 2.28. The smallest absolute Gasteiger partial charge is 0.311 e. The van der Waals surface area contributed by atoms with Crippen molar-refractivity contribution in [3.8, 4) is 5.75 Å². The molecule has 8 heteroatoms. The van der Waals surface area contributed by atoms with Gasteiger partial charge in [-0.1, -0.05) is 15.9 Å². The molecule has 1 N–H and O–H groups in total.